The van der Waals surface area contributed by atoms with Gasteiger partial charge in [0.25, 0.3) is 11.8 Å². The maximum Gasteiger partial charge on any atom is 0.346 e. The molecule has 0 spiro atoms. The number of carbonyl (C=O) groups is 4. The van der Waals surface area contributed by atoms with Crippen molar-refractivity contribution in [1.29, 1.82) is 0 Å². The summed E-state index contributed by atoms with van der Waals surface area (Å²) in [5.41, 5.74) is 1.89. The van der Waals surface area contributed by atoms with Crippen LogP contribution in [-0.4, -0.2) is 34.7 Å². The molecule has 2 heterocycles. The first-order chi connectivity index (χ1) is 23.0. The van der Waals surface area contributed by atoms with Crippen LogP contribution in [0, 0.1) is 0 Å². The lowest BCUT2D eigenvalue weighted by atomic mass is 9.82. The van der Waals surface area contributed by atoms with Gasteiger partial charge in [-0.2, -0.15) is 0 Å². The predicted octanol–water partition coefficient (Wildman–Crippen LogP) is 10.5. The first-order valence-corrected chi connectivity index (χ1v) is 17.8. The number of unbranched alkanes of at least 4 members (excludes halogenated alkanes) is 10. The van der Waals surface area contributed by atoms with Crippen LogP contribution in [0.25, 0.3) is 43.1 Å². The van der Waals surface area contributed by atoms with Gasteiger partial charge in [0.15, 0.2) is 0 Å². The number of esters is 2. The summed E-state index contributed by atoms with van der Waals surface area (Å²) in [6.07, 6.45) is 15.8. The van der Waals surface area contributed by atoms with E-state index in [0.29, 0.717) is 33.0 Å². The molecule has 5 aromatic carbocycles. The Kier molecular flexibility index (Phi) is 8.69. The first-order valence-electron chi connectivity index (χ1n) is 17.8. The van der Waals surface area contributed by atoms with E-state index in [4.69, 9.17) is 4.74 Å². The highest BCUT2D eigenvalue weighted by Gasteiger charge is 2.38. The fourth-order valence-corrected chi connectivity index (χ4v) is 8.19. The second-order valence-electron chi connectivity index (χ2n) is 13.6. The molecule has 2 aliphatic rings. The van der Waals surface area contributed by atoms with Crippen LogP contribution < -0.4 is 0 Å². The summed E-state index contributed by atoms with van der Waals surface area (Å²) in [6, 6.07) is 14.8. The zero-order valence-corrected chi connectivity index (χ0v) is 27.6. The smallest absolute Gasteiger partial charge is 0.346 e. The van der Waals surface area contributed by atoms with Crippen LogP contribution >= 0.6 is 0 Å². The number of hydrogen-bond acceptors (Lipinski definition) is 5. The van der Waals surface area contributed by atoms with Crippen LogP contribution in [0.2, 0.25) is 0 Å². The minimum absolute atomic E-state index is 0.114. The number of nitrogens with zero attached hydrogens (tertiary/aromatic N) is 1. The summed E-state index contributed by atoms with van der Waals surface area (Å²) in [5.74, 6) is -1.68. The molecule has 0 aliphatic carbocycles. The maximum absolute atomic E-state index is 14.4. The van der Waals surface area contributed by atoms with Crippen molar-refractivity contribution in [2.24, 2.45) is 0 Å². The average Bonchev–Trinajstić information content (AvgIpc) is 3.08. The third kappa shape index (κ3) is 5.26. The van der Waals surface area contributed by atoms with Gasteiger partial charge in [-0.25, -0.2) is 9.59 Å². The van der Waals surface area contributed by atoms with Crippen molar-refractivity contribution in [3.8, 4) is 0 Å². The lowest BCUT2D eigenvalue weighted by Crippen LogP contribution is -2.47. The molecule has 6 heteroatoms. The molecule has 0 saturated carbocycles. The summed E-state index contributed by atoms with van der Waals surface area (Å²) in [6.45, 7) is 4.45. The molecule has 2 amide bonds. The molecule has 6 nitrogen and oxygen atoms in total. The molecule has 47 heavy (non-hydrogen) atoms. The van der Waals surface area contributed by atoms with Gasteiger partial charge in [0.05, 0.1) is 11.1 Å². The SMILES string of the molecule is CCCCCCCCC(CCCCCCCC)N1C(=O)c2ccc3c4ccc5c6c(ccc(c7ccc(c2c37)C1=O)c64)C(=O)OC5=O. The highest BCUT2D eigenvalue weighted by Crippen LogP contribution is 2.46. The van der Waals surface area contributed by atoms with Gasteiger partial charge in [-0.15, -0.1) is 0 Å². The van der Waals surface area contributed by atoms with Crippen LogP contribution in [0.1, 0.15) is 145 Å². The van der Waals surface area contributed by atoms with E-state index in [9.17, 15) is 19.2 Å². The largest absolute Gasteiger partial charge is 0.386 e. The summed E-state index contributed by atoms with van der Waals surface area (Å²) in [7, 11) is 0. The molecule has 5 aromatic rings. The molecule has 0 unspecified atom stereocenters. The number of fused-ring (bicyclic) bond motifs is 2. The van der Waals surface area contributed by atoms with Crippen LogP contribution in [-0.2, 0) is 4.74 Å². The minimum Gasteiger partial charge on any atom is -0.386 e. The van der Waals surface area contributed by atoms with E-state index in [0.717, 1.165) is 70.8 Å². The highest BCUT2D eigenvalue weighted by molar-refractivity contribution is 6.40. The van der Waals surface area contributed by atoms with Gasteiger partial charge < -0.3 is 4.74 Å². The quantitative estimate of drug-likeness (QED) is 0.0287. The summed E-state index contributed by atoms with van der Waals surface area (Å²) < 4.78 is 5.00. The van der Waals surface area contributed by atoms with Gasteiger partial charge in [0.1, 0.15) is 0 Å². The van der Waals surface area contributed by atoms with Crippen molar-refractivity contribution in [1.82, 2.24) is 4.90 Å². The van der Waals surface area contributed by atoms with Gasteiger partial charge in [-0.3, -0.25) is 14.5 Å². The van der Waals surface area contributed by atoms with Crippen molar-refractivity contribution in [3.05, 3.63) is 70.8 Å². The van der Waals surface area contributed by atoms with E-state index < -0.39 is 11.9 Å². The fourth-order valence-electron chi connectivity index (χ4n) is 8.19. The third-order valence-corrected chi connectivity index (χ3v) is 10.6. The van der Waals surface area contributed by atoms with Gasteiger partial charge in [0, 0.05) is 27.9 Å². The molecule has 0 radical (unpaired) electrons. The topological polar surface area (TPSA) is 80.8 Å². The zero-order chi connectivity index (χ0) is 32.7. The number of amides is 2. The molecular formula is C41H43NO5. The fraction of sp³-hybridized carbons (Fsp3) is 0.415. The monoisotopic (exact) mass is 629 g/mol. The molecule has 7 rings (SSSR count). The Labute approximate surface area is 275 Å². The lowest BCUT2D eigenvalue weighted by Gasteiger charge is -2.35. The highest BCUT2D eigenvalue weighted by atomic mass is 16.6. The number of cyclic esters (lactones) is 2. The Morgan fingerprint density at radius 3 is 1.26 bits per heavy atom. The normalized spacial score (nSPS) is 14.6. The summed E-state index contributed by atoms with van der Waals surface area (Å²) >= 11 is 0. The Hall–Kier alpha value is -4.32. The maximum atomic E-state index is 14.4. The number of hydrogen-bond donors (Lipinski definition) is 0. The van der Waals surface area contributed by atoms with E-state index in [2.05, 4.69) is 13.8 Å². The molecule has 0 bridgehead atoms. The van der Waals surface area contributed by atoms with E-state index in [1.165, 1.54) is 51.4 Å². The van der Waals surface area contributed by atoms with Crippen LogP contribution in [0.5, 0.6) is 0 Å². The van der Waals surface area contributed by atoms with Gasteiger partial charge in [-0.05, 0) is 69.4 Å². The minimum atomic E-state index is -0.644. The van der Waals surface area contributed by atoms with Crippen molar-refractivity contribution in [2.45, 2.75) is 110 Å². The summed E-state index contributed by atoms with van der Waals surface area (Å²) in [5, 5.41) is 6.57. The van der Waals surface area contributed by atoms with Gasteiger partial charge >= 0.3 is 11.9 Å². The lowest BCUT2D eigenvalue weighted by molar-refractivity contribution is 0.0389. The van der Waals surface area contributed by atoms with Crippen molar-refractivity contribution >= 4 is 66.8 Å². The van der Waals surface area contributed by atoms with E-state index >= 15 is 0 Å². The standard InChI is InChI=1S/C41H43NO5/c1-3-5-7-9-11-13-15-25(16-14-12-10-8-6-4-2)42-38(43)30-21-17-26-28-19-23-32-37-33(41(46)47-40(32)45)24-20-29(35(28)37)27-18-22-31(39(42)44)36(30)34(26)27/h17-25H,3-16H2,1-2H3. The van der Waals surface area contributed by atoms with Gasteiger partial charge in [0.2, 0.25) is 0 Å². The number of ether oxygens (including phenoxy) is 1. The Balaban J connectivity index is 1.29. The van der Waals surface area contributed by atoms with Crippen molar-refractivity contribution in [2.75, 3.05) is 0 Å². The molecular weight excluding hydrogens is 586 g/mol. The van der Waals surface area contributed by atoms with Crippen molar-refractivity contribution in [3.63, 3.8) is 0 Å². The molecule has 242 valence electrons. The molecule has 0 N–H and O–H groups in total. The van der Waals surface area contributed by atoms with E-state index in [1.54, 1.807) is 17.0 Å². The van der Waals surface area contributed by atoms with E-state index in [-0.39, 0.29) is 17.9 Å². The Morgan fingerprint density at radius 1 is 0.468 bits per heavy atom. The predicted molar refractivity (Wildman–Crippen MR) is 188 cm³/mol. The number of imide groups is 1. The van der Waals surface area contributed by atoms with Crippen molar-refractivity contribution < 1.29 is 23.9 Å². The van der Waals surface area contributed by atoms with Crippen LogP contribution in [0.15, 0.2) is 48.5 Å². The molecule has 0 atom stereocenters. The molecule has 0 saturated heterocycles. The van der Waals surface area contributed by atoms with E-state index in [1.807, 2.05) is 36.4 Å². The second-order valence-corrected chi connectivity index (χ2v) is 13.6. The number of benzene rings is 5. The number of carbonyl (C=O) groups excluding carboxylic acids is 4. The Morgan fingerprint density at radius 2 is 0.830 bits per heavy atom. The Bertz CT molecular complexity index is 1910. The number of rotatable bonds is 15. The van der Waals surface area contributed by atoms with Crippen LogP contribution in [0.3, 0.4) is 0 Å². The van der Waals surface area contributed by atoms with Crippen LogP contribution in [0.4, 0.5) is 0 Å². The molecule has 0 fully saturated rings. The third-order valence-electron chi connectivity index (χ3n) is 10.6. The average molecular weight is 630 g/mol. The molecule has 0 aromatic heterocycles. The van der Waals surface area contributed by atoms with Gasteiger partial charge in [-0.1, -0.05) is 115 Å². The second kappa shape index (κ2) is 13.1. The zero-order valence-electron chi connectivity index (χ0n) is 27.6. The molecule has 2 aliphatic heterocycles. The first kappa shape index (κ1) is 31.3. The summed E-state index contributed by atoms with van der Waals surface area (Å²) in [4.78, 5) is 55.7.